The van der Waals surface area contributed by atoms with Crippen molar-refractivity contribution in [3.63, 3.8) is 0 Å². The molecule has 0 radical (unpaired) electrons. The smallest absolute Gasteiger partial charge is 0.339 e. The molecule has 4 heteroatoms. The second-order valence-electron chi connectivity index (χ2n) is 4.48. The number of rotatable bonds is 5. The molecule has 2 aromatic rings. The lowest BCUT2D eigenvalue weighted by atomic mass is 10.1. The monoisotopic (exact) mass is 281 g/mol. The maximum absolute atomic E-state index is 11.7. The van der Waals surface area contributed by atoms with Gasteiger partial charge >= 0.3 is 5.97 Å². The van der Waals surface area contributed by atoms with Crippen LogP contribution >= 0.6 is 0 Å². The minimum atomic E-state index is -0.751. The topological polar surface area (TPSA) is 59.3 Å². The first-order valence-corrected chi connectivity index (χ1v) is 6.56. The van der Waals surface area contributed by atoms with Gasteiger partial charge in [-0.25, -0.2) is 4.79 Å². The van der Waals surface area contributed by atoms with Gasteiger partial charge in [0.1, 0.15) is 18.4 Å². The normalized spacial score (nSPS) is 11.2. The summed E-state index contributed by atoms with van der Waals surface area (Å²) in [6.07, 6.45) is -0.751. The number of esters is 1. The summed E-state index contributed by atoms with van der Waals surface area (Å²) in [5, 5.41) is 8.61. The molecule has 0 bridgehead atoms. The van der Waals surface area contributed by atoms with E-state index in [0.717, 1.165) is 11.3 Å². The molecule has 0 aliphatic heterocycles. The summed E-state index contributed by atoms with van der Waals surface area (Å²) in [7, 11) is 0. The van der Waals surface area contributed by atoms with Crippen LogP contribution in [0, 0.1) is 11.3 Å². The highest BCUT2D eigenvalue weighted by Crippen LogP contribution is 2.13. The van der Waals surface area contributed by atoms with Crippen LogP contribution in [0.2, 0.25) is 0 Å². The summed E-state index contributed by atoms with van der Waals surface area (Å²) in [4.78, 5) is 11.7. The van der Waals surface area contributed by atoms with Crippen molar-refractivity contribution in [2.75, 3.05) is 0 Å². The molecule has 0 aliphatic rings. The number of hydrogen-bond donors (Lipinski definition) is 0. The molecular formula is C17H15NO3. The highest BCUT2D eigenvalue weighted by Gasteiger charge is 2.10. The maximum Gasteiger partial charge on any atom is 0.339 e. The van der Waals surface area contributed by atoms with Crippen molar-refractivity contribution < 1.29 is 14.3 Å². The van der Waals surface area contributed by atoms with Gasteiger partial charge < -0.3 is 9.47 Å². The Morgan fingerprint density at radius 2 is 1.81 bits per heavy atom. The largest absolute Gasteiger partial charge is 0.489 e. The van der Waals surface area contributed by atoms with Crippen LogP contribution in [0.4, 0.5) is 0 Å². The summed E-state index contributed by atoms with van der Waals surface area (Å²) in [6.45, 7) is 1.95. The molecule has 106 valence electrons. The van der Waals surface area contributed by atoms with Crippen molar-refractivity contribution in [1.82, 2.24) is 0 Å². The van der Waals surface area contributed by atoms with Crippen LogP contribution in [0.3, 0.4) is 0 Å². The molecule has 0 amide bonds. The zero-order valence-electron chi connectivity index (χ0n) is 11.7. The Kier molecular flexibility index (Phi) is 4.94. The van der Waals surface area contributed by atoms with Crippen molar-refractivity contribution >= 4 is 5.97 Å². The maximum atomic E-state index is 11.7. The van der Waals surface area contributed by atoms with E-state index in [1.54, 1.807) is 24.3 Å². The summed E-state index contributed by atoms with van der Waals surface area (Å²) >= 11 is 0. The molecule has 0 saturated carbocycles. The average molecular weight is 281 g/mol. The fraction of sp³-hybridized carbons (Fsp3) is 0.176. The predicted molar refractivity (Wildman–Crippen MR) is 77.7 cm³/mol. The Hall–Kier alpha value is -2.80. The van der Waals surface area contributed by atoms with Crippen molar-refractivity contribution in [1.29, 1.82) is 5.26 Å². The third-order valence-electron chi connectivity index (χ3n) is 2.80. The van der Waals surface area contributed by atoms with Crippen molar-refractivity contribution in [2.24, 2.45) is 0 Å². The number of nitriles is 1. The lowest BCUT2D eigenvalue weighted by molar-refractivity contribution is 0.0435. The molecule has 0 heterocycles. The molecule has 4 nitrogen and oxygen atoms in total. The first-order valence-electron chi connectivity index (χ1n) is 6.56. The summed E-state index contributed by atoms with van der Waals surface area (Å²) in [6, 6.07) is 18.3. The third kappa shape index (κ3) is 4.36. The fourth-order valence-corrected chi connectivity index (χ4v) is 1.68. The number of ether oxygens (including phenoxy) is 2. The van der Waals surface area contributed by atoms with Crippen LogP contribution in [-0.2, 0) is 11.3 Å². The molecule has 2 rings (SSSR count). The molecule has 0 unspecified atom stereocenters. The van der Waals surface area contributed by atoms with E-state index < -0.39 is 12.1 Å². The molecule has 0 spiro atoms. The molecule has 0 saturated heterocycles. The highest BCUT2D eigenvalue weighted by atomic mass is 16.5. The number of carbonyl (C=O) groups excluding carboxylic acids is 1. The fourth-order valence-electron chi connectivity index (χ4n) is 1.68. The third-order valence-corrected chi connectivity index (χ3v) is 2.80. The lowest BCUT2D eigenvalue weighted by Gasteiger charge is -2.08. The standard InChI is InChI=1S/C17H15NO3/c1-13(11-18)21-17(19)15-9-7-14(8-10-15)12-20-16-5-3-2-4-6-16/h2-10,13H,12H2,1H3/t13-/m0/s1. The van der Waals surface area contributed by atoms with Crippen LogP contribution in [0.15, 0.2) is 54.6 Å². The first-order chi connectivity index (χ1) is 10.2. The van der Waals surface area contributed by atoms with E-state index in [4.69, 9.17) is 14.7 Å². The van der Waals surface area contributed by atoms with Crippen LogP contribution in [0.1, 0.15) is 22.8 Å². The van der Waals surface area contributed by atoms with E-state index in [1.807, 2.05) is 36.4 Å². The second-order valence-corrected chi connectivity index (χ2v) is 4.48. The average Bonchev–Trinajstić information content (AvgIpc) is 2.54. The SMILES string of the molecule is C[C@@H](C#N)OC(=O)c1ccc(COc2ccccc2)cc1. The molecule has 0 aromatic heterocycles. The zero-order chi connectivity index (χ0) is 15.1. The zero-order valence-corrected chi connectivity index (χ0v) is 11.7. The quantitative estimate of drug-likeness (QED) is 0.789. The molecule has 21 heavy (non-hydrogen) atoms. The Balaban J connectivity index is 1.93. The first kappa shape index (κ1) is 14.6. The van der Waals surface area contributed by atoms with Gasteiger partial charge in [-0.3, -0.25) is 0 Å². The molecule has 0 aliphatic carbocycles. The van der Waals surface area contributed by atoms with Gasteiger partial charge in [-0.2, -0.15) is 5.26 Å². The minimum Gasteiger partial charge on any atom is -0.489 e. The van der Waals surface area contributed by atoms with Crippen molar-refractivity contribution in [2.45, 2.75) is 19.6 Å². The van der Waals surface area contributed by atoms with Crippen molar-refractivity contribution in [3.8, 4) is 11.8 Å². The second kappa shape index (κ2) is 7.11. The summed E-state index contributed by atoms with van der Waals surface area (Å²) < 4.78 is 10.5. The van der Waals surface area contributed by atoms with E-state index in [2.05, 4.69) is 0 Å². The van der Waals surface area contributed by atoms with E-state index in [-0.39, 0.29) is 0 Å². The number of para-hydroxylation sites is 1. The number of hydrogen-bond acceptors (Lipinski definition) is 4. The molecule has 1 atom stereocenters. The predicted octanol–water partition coefficient (Wildman–Crippen LogP) is 3.33. The Morgan fingerprint density at radius 1 is 1.14 bits per heavy atom. The Labute approximate surface area is 123 Å². The van der Waals surface area contributed by atoms with E-state index in [1.165, 1.54) is 6.92 Å². The lowest BCUT2D eigenvalue weighted by Crippen LogP contribution is -2.13. The van der Waals surface area contributed by atoms with Gasteiger partial charge in [0.05, 0.1) is 5.56 Å². The van der Waals surface area contributed by atoms with E-state index in [0.29, 0.717) is 12.2 Å². The van der Waals surface area contributed by atoms with E-state index in [9.17, 15) is 4.79 Å². The minimum absolute atomic E-state index is 0.417. The van der Waals surface area contributed by atoms with Gasteiger partial charge in [0, 0.05) is 0 Å². The molecule has 0 fully saturated rings. The highest BCUT2D eigenvalue weighted by molar-refractivity contribution is 5.89. The van der Waals surface area contributed by atoms with Crippen molar-refractivity contribution in [3.05, 3.63) is 65.7 Å². The summed E-state index contributed by atoms with van der Waals surface area (Å²) in [5.74, 6) is 0.295. The van der Waals surface area contributed by atoms with Crippen LogP contribution in [0.5, 0.6) is 5.75 Å². The van der Waals surface area contributed by atoms with Crippen LogP contribution in [-0.4, -0.2) is 12.1 Å². The van der Waals surface area contributed by atoms with Gasteiger partial charge in [-0.05, 0) is 36.8 Å². The van der Waals surface area contributed by atoms with Gasteiger partial charge in [0.25, 0.3) is 0 Å². The Bertz CT molecular complexity index is 629. The summed E-state index contributed by atoms with van der Waals surface area (Å²) in [5.41, 5.74) is 1.37. The number of carbonyl (C=O) groups is 1. The van der Waals surface area contributed by atoms with Gasteiger partial charge in [0.15, 0.2) is 6.10 Å². The van der Waals surface area contributed by atoms with Gasteiger partial charge in [-0.1, -0.05) is 30.3 Å². The van der Waals surface area contributed by atoms with Gasteiger partial charge in [-0.15, -0.1) is 0 Å². The van der Waals surface area contributed by atoms with Crippen LogP contribution < -0.4 is 4.74 Å². The number of benzene rings is 2. The molecule has 0 N–H and O–H groups in total. The number of nitrogens with zero attached hydrogens (tertiary/aromatic N) is 1. The van der Waals surface area contributed by atoms with E-state index >= 15 is 0 Å². The van der Waals surface area contributed by atoms with Crippen LogP contribution in [0.25, 0.3) is 0 Å². The Morgan fingerprint density at radius 3 is 2.43 bits per heavy atom. The molecular weight excluding hydrogens is 266 g/mol. The van der Waals surface area contributed by atoms with Gasteiger partial charge in [0.2, 0.25) is 0 Å². The molecule has 2 aromatic carbocycles.